The highest BCUT2D eigenvalue weighted by Crippen LogP contribution is 2.06. The second-order valence-corrected chi connectivity index (χ2v) is 1.76. The van der Waals surface area contributed by atoms with Crippen molar-refractivity contribution in [3.63, 3.8) is 0 Å². The zero-order chi connectivity index (χ0) is 8.69. The zero-order valence-electron chi connectivity index (χ0n) is 7.19. The second-order valence-electron chi connectivity index (χ2n) is 1.76. The number of hydrogen-bond acceptors (Lipinski definition) is 1. The van der Waals surface area contributed by atoms with E-state index in [4.69, 9.17) is 0 Å². The van der Waals surface area contributed by atoms with E-state index < -0.39 is 0 Å². The van der Waals surface area contributed by atoms with Crippen molar-refractivity contribution in [1.29, 1.82) is 0 Å². The fourth-order valence-electron chi connectivity index (χ4n) is 0.644. The largest absolute Gasteiger partial charge is 0.388 e. The first-order valence-electron chi connectivity index (χ1n) is 3.76. The maximum Gasteiger partial charge on any atom is 0.125 e. The van der Waals surface area contributed by atoms with Crippen LogP contribution in [0.4, 0.5) is 10.1 Å². The molecule has 0 aliphatic carbocycles. The van der Waals surface area contributed by atoms with Gasteiger partial charge in [-0.3, -0.25) is 0 Å². The standard InChI is InChI=1S/C7H8FN.C2H6/c1-9-7-4-2-3-6(8)5-7;1-2/h2-5,9H,1H3;1-2H3. The smallest absolute Gasteiger partial charge is 0.125 e. The van der Waals surface area contributed by atoms with Crippen molar-refractivity contribution < 1.29 is 4.39 Å². The van der Waals surface area contributed by atoms with Gasteiger partial charge >= 0.3 is 0 Å². The predicted molar refractivity (Wildman–Crippen MR) is 47.3 cm³/mol. The van der Waals surface area contributed by atoms with Crippen molar-refractivity contribution >= 4 is 5.69 Å². The highest BCUT2D eigenvalue weighted by atomic mass is 19.1. The SMILES string of the molecule is CC.CNc1cccc(F)c1. The third kappa shape index (κ3) is 3.61. The third-order valence-electron chi connectivity index (χ3n) is 1.11. The third-order valence-corrected chi connectivity index (χ3v) is 1.11. The average molecular weight is 155 g/mol. The van der Waals surface area contributed by atoms with Gasteiger partial charge in [0.1, 0.15) is 5.82 Å². The van der Waals surface area contributed by atoms with Crippen LogP contribution >= 0.6 is 0 Å². The Balaban J connectivity index is 0.000000461. The van der Waals surface area contributed by atoms with Crippen LogP contribution in [-0.4, -0.2) is 7.05 Å². The number of halogens is 1. The molecule has 0 bridgehead atoms. The summed E-state index contributed by atoms with van der Waals surface area (Å²) in [6.45, 7) is 4.00. The summed E-state index contributed by atoms with van der Waals surface area (Å²) in [5.41, 5.74) is 0.801. The molecule has 1 aromatic carbocycles. The van der Waals surface area contributed by atoms with Gasteiger partial charge in [0, 0.05) is 12.7 Å². The van der Waals surface area contributed by atoms with Crippen LogP contribution in [0.1, 0.15) is 13.8 Å². The van der Waals surface area contributed by atoms with Crippen LogP contribution in [0.5, 0.6) is 0 Å². The van der Waals surface area contributed by atoms with Crippen molar-refractivity contribution in [3.8, 4) is 0 Å². The summed E-state index contributed by atoms with van der Waals surface area (Å²) in [5.74, 6) is -0.207. The van der Waals surface area contributed by atoms with E-state index in [0.717, 1.165) is 5.69 Å². The van der Waals surface area contributed by atoms with Crippen LogP contribution in [0.3, 0.4) is 0 Å². The molecule has 0 heterocycles. The van der Waals surface area contributed by atoms with Crippen molar-refractivity contribution in [2.24, 2.45) is 0 Å². The molecule has 0 aliphatic rings. The summed E-state index contributed by atoms with van der Waals surface area (Å²) in [4.78, 5) is 0. The maximum absolute atomic E-state index is 12.3. The van der Waals surface area contributed by atoms with Crippen molar-refractivity contribution in [3.05, 3.63) is 30.1 Å². The topological polar surface area (TPSA) is 12.0 Å². The second kappa shape index (κ2) is 5.71. The first-order valence-corrected chi connectivity index (χ1v) is 3.76. The zero-order valence-corrected chi connectivity index (χ0v) is 7.19. The van der Waals surface area contributed by atoms with Crippen LogP contribution in [0, 0.1) is 5.82 Å². The lowest BCUT2D eigenvalue weighted by molar-refractivity contribution is 0.628. The summed E-state index contributed by atoms with van der Waals surface area (Å²) >= 11 is 0. The number of rotatable bonds is 1. The molecule has 0 spiro atoms. The molecule has 0 aliphatic heterocycles. The quantitative estimate of drug-likeness (QED) is 0.657. The first-order chi connectivity index (χ1) is 5.33. The van der Waals surface area contributed by atoms with E-state index >= 15 is 0 Å². The molecule has 62 valence electrons. The molecule has 0 radical (unpaired) electrons. The van der Waals surface area contributed by atoms with Crippen molar-refractivity contribution in [2.75, 3.05) is 12.4 Å². The van der Waals surface area contributed by atoms with E-state index in [1.807, 2.05) is 19.9 Å². The lowest BCUT2D eigenvalue weighted by Crippen LogP contribution is -1.86. The van der Waals surface area contributed by atoms with Gasteiger partial charge in [-0.2, -0.15) is 0 Å². The molecule has 1 rings (SSSR count). The van der Waals surface area contributed by atoms with Crippen LogP contribution in [0.2, 0.25) is 0 Å². The van der Waals surface area contributed by atoms with Crippen LogP contribution in [0.15, 0.2) is 24.3 Å². The van der Waals surface area contributed by atoms with E-state index in [1.54, 1.807) is 13.1 Å². The molecular formula is C9H14FN. The van der Waals surface area contributed by atoms with Gasteiger partial charge in [-0.15, -0.1) is 0 Å². The Bertz CT molecular complexity index is 199. The Kier molecular flexibility index (Phi) is 5.17. The fourth-order valence-corrected chi connectivity index (χ4v) is 0.644. The van der Waals surface area contributed by atoms with Crippen molar-refractivity contribution in [2.45, 2.75) is 13.8 Å². The number of hydrogen-bond donors (Lipinski definition) is 1. The fraction of sp³-hybridized carbons (Fsp3) is 0.333. The molecule has 0 saturated heterocycles. The molecule has 0 fully saturated rings. The summed E-state index contributed by atoms with van der Waals surface area (Å²) in [5, 5.41) is 2.83. The Labute approximate surface area is 67.2 Å². The van der Waals surface area contributed by atoms with E-state index in [0.29, 0.717) is 0 Å². The van der Waals surface area contributed by atoms with Gasteiger partial charge < -0.3 is 5.32 Å². The Hall–Kier alpha value is -1.05. The molecule has 11 heavy (non-hydrogen) atoms. The van der Waals surface area contributed by atoms with Crippen molar-refractivity contribution in [1.82, 2.24) is 0 Å². The van der Waals surface area contributed by atoms with E-state index in [2.05, 4.69) is 5.32 Å². The van der Waals surface area contributed by atoms with Gasteiger partial charge in [0.15, 0.2) is 0 Å². The molecule has 0 atom stereocenters. The molecule has 1 N–H and O–H groups in total. The highest BCUT2D eigenvalue weighted by molar-refractivity contribution is 5.41. The molecular weight excluding hydrogens is 141 g/mol. The van der Waals surface area contributed by atoms with Crippen LogP contribution in [0.25, 0.3) is 0 Å². The normalized spacial score (nSPS) is 8.00. The van der Waals surface area contributed by atoms with Gasteiger partial charge in [-0.1, -0.05) is 19.9 Å². The molecule has 0 aromatic heterocycles. The summed E-state index contributed by atoms with van der Waals surface area (Å²) in [7, 11) is 1.76. The van der Waals surface area contributed by atoms with E-state index in [9.17, 15) is 4.39 Å². The number of anilines is 1. The van der Waals surface area contributed by atoms with E-state index in [1.165, 1.54) is 12.1 Å². The number of nitrogens with one attached hydrogen (secondary N) is 1. The molecule has 0 unspecified atom stereocenters. The molecule has 0 saturated carbocycles. The maximum atomic E-state index is 12.3. The number of benzene rings is 1. The first kappa shape index (κ1) is 9.95. The minimum Gasteiger partial charge on any atom is -0.388 e. The monoisotopic (exact) mass is 155 g/mol. The predicted octanol–water partition coefficient (Wildman–Crippen LogP) is 2.89. The molecule has 1 nitrogen and oxygen atoms in total. The van der Waals surface area contributed by atoms with Gasteiger partial charge in [0.25, 0.3) is 0 Å². The van der Waals surface area contributed by atoms with E-state index in [-0.39, 0.29) is 5.82 Å². The Morgan fingerprint density at radius 2 is 1.91 bits per heavy atom. The molecule has 1 aromatic rings. The van der Waals surface area contributed by atoms with Gasteiger partial charge in [0.05, 0.1) is 0 Å². The van der Waals surface area contributed by atoms with Gasteiger partial charge in [-0.05, 0) is 18.2 Å². The van der Waals surface area contributed by atoms with Crippen LogP contribution < -0.4 is 5.32 Å². The van der Waals surface area contributed by atoms with Gasteiger partial charge in [-0.25, -0.2) is 4.39 Å². The average Bonchev–Trinajstić information content (AvgIpc) is 2.08. The molecule has 2 heteroatoms. The Morgan fingerprint density at radius 1 is 1.27 bits per heavy atom. The highest BCUT2D eigenvalue weighted by Gasteiger charge is 1.88. The minimum atomic E-state index is -0.207. The summed E-state index contributed by atoms with van der Waals surface area (Å²) in [6.07, 6.45) is 0. The summed E-state index contributed by atoms with van der Waals surface area (Å²) in [6, 6.07) is 6.34. The van der Waals surface area contributed by atoms with Gasteiger partial charge in [0.2, 0.25) is 0 Å². The molecule has 0 amide bonds. The summed E-state index contributed by atoms with van der Waals surface area (Å²) < 4.78 is 12.3. The lowest BCUT2D eigenvalue weighted by Gasteiger charge is -1.96. The lowest BCUT2D eigenvalue weighted by atomic mass is 10.3. The minimum absolute atomic E-state index is 0.207. The van der Waals surface area contributed by atoms with Crippen LogP contribution in [-0.2, 0) is 0 Å². The Morgan fingerprint density at radius 3 is 2.27 bits per heavy atom.